The van der Waals surface area contributed by atoms with Crippen LogP contribution in [0.4, 0.5) is 23.7 Å². The molecule has 0 fully saturated rings. The highest BCUT2D eigenvalue weighted by atomic mass is 19.4. The smallest absolute Gasteiger partial charge is 0.405 e. The molecule has 0 heterocycles. The van der Waals surface area contributed by atoms with Gasteiger partial charge in [-0.1, -0.05) is 18.2 Å². The van der Waals surface area contributed by atoms with Crippen LogP contribution in [0.15, 0.2) is 42.5 Å². The summed E-state index contributed by atoms with van der Waals surface area (Å²) >= 11 is 0. The van der Waals surface area contributed by atoms with Crippen molar-refractivity contribution in [3.63, 3.8) is 0 Å². The molecule has 0 aliphatic heterocycles. The van der Waals surface area contributed by atoms with E-state index >= 15 is 0 Å². The first-order valence-corrected chi connectivity index (χ1v) is 8.88. The molecule has 0 spiro atoms. The molecule has 3 N–H and O–H groups in total. The molecular formula is C20H22F3N3O4. The third kappa shape index (κ3) is 7.53. The van der Waals surface area contributed by atoms with E-state index in [1.165, 1.54) is 14.2 Å². The van der Waals surface area contributed by atoms with Gasteiger partial charge in [0, 0.05) is 12.2 Å². The van der Waals surface area contributed by atoms with Crippen molar-refractivity contribution in [1.29, 1.82) is 0 Å². The monoisotopic (exact) mass is 425 g/mol. The summed E-state index contributed by atoms with van der Waals surface area (Å²) in [5.74, 6) is 0.394. The van der Waals surface area contributed by atoms with Gasteiger partial charge >= 0.3 is 12.2 Å². The Kier molecular flexibility index (Phi) is 7.90. The van der Waals surface area contributed by atoms with Crippen molar-refractivity contribution in [2.24, 2.45) is 0 Å². The summed E-state index contributed by atoms with van der Waals surface area (Å²) in [7, 11) is 3.05. The van der Waals surface area contributed by atoms with Gasteiger partial charge < -0.3 is 25.4 Å². The van der Waals surface area contributed by atoms with E-state index in [4.69, 9.17) is 9.47 Å². The van der Waals surface area contributed by atoms with Crippen LogP contribution < -0.4 is 25.4 Å². The second kappa shape index (κ2) is 10.4. The number of benzene rings is 2. The first kappa shape index (κ1) is 22.9. The normalized spacial score (nSPS) is 10.8. The Balaban J connectivity index is 1.82. The van der Waals surface area contributed by atoms with E-state index in [9.17, 15) is 22.8 Å². The van der Waals surface area contributed by atoms with Crippen LogP contribution in [0.2, 0.25) is 0 Å². The summed E-state index contributed by atoms with van der Waals surface area (Å²) in [6, 6.07) is 11.1. The number of carbonyl (C=O) groups is 2. The van der Waals surface area contributed by atoms with E-state index in [1.54, 1.807) is 47.8 Å². The number of halogens is 3. The summed E-state index contributed by atoms with van der Waals surface area (Å²) < 4.78 is 46.7. The molecule has 162 valence electrons. The third-order valence-corrected chi connectivity index (χ3v) is 3.96. The van der Waals surface area contributed by atoms with Crippen LogP contribution in [0.5, 0.6) is 11.5 Å². The van der Waals surface area contributed by atoms with Gasteiger partial charge in [-0.3, -0.25) is 4.79 Å². The molecule has 0 saturated heterocycles. The molecule has 2 aromatic rings. The average molecular weight is 425 g/mol. The fraction of sp³-hybridized carbons (Fsp3) is 0.300. The van der Waals surface area contributed by atoms with Gasteiger partial charge in [-0.05, 0) is 35.4 Å². The molecular weight excluding hydrogens is 403 g/mol. The molecule has 0 bridgehead atoms. The number of hydrogen-bond donors (Lipinski definition) is 3. The number of anilines is 1. The highest BCUT2D eigenvalue weighted by Gasteiger charge is 2.27. The Morgan fingerprint density at radius 3 is 2.13 bits per heavy atom. The maximum atomic E-state index is 12.1. The standard InChI is InChI=1S/C20H22F3N3O4/c1-29-16-8-5-14(9-17(16)30-2)11-24-19(28)26-15-6-3-13(4-7-15)10-18(27)25-12-20(21,22)23/h3-9H,10-12H2,1-2H3,(H,25,27)(H2,24,26,28). The second-order valence-corrected chi connectivity index (χ2v) is 6.26. The fourth-order valence-electron chi connectivity index (χ4n) is 2.50. The molecule has 0 unspecified atom stereocenters. The van der Waals surface area contributed by atoms with Crippen molar-refractivity contribution in [1.82, 2.24) is 10.6 Å². The van der Waals surface area contributed by atoms with Crippen molar-refractivity contribution in [2.75, 3.05) is 26.1 Å². The van der Waals surface area contributed by atoms with Crippen LogP contribution in [0.25, 0.3) is 0 Å². The Morgan fingerprint density at radius 1 is 0.900 bits per heavy atom. The van der Waals surface area contributed by atoms with E-state index < -0.39 is 24.7 Å². The van der Waals surface area contributed by atoms with Gasteiger partial charge in [0.25, 0.3) is 0 Å². The van der Waals surface area contributed by atoms with E-state index in [2.05, 4.69) is 10.6 Å². The zero-order valence-electron chi connectivity index (χ0n) is 16.4. The van der Waals surface area contributed by atoms with Gasteiger partial charge in [0.05, 0.1) is 20.6 Å². The predicted molar refractivity (Wildman–Crippen MR) is 105 cm³/mol. The van der Waals surface area contributed by atoms with Gasteiger partial charge in [-0.25, -0.2) is 4.79 Å². The average Bonchev–Trinajstić information content (AvgIpc) is 2.71. The highest BCUT2D eigenvalue weighted by Crippen LogP contribution is 2.27. The van der Waals surface area contributed by atoms with E-state index in [1.807, 2.05) is 0 Å². The summed E-state index contributed by atoms with van der Waals surface area (Å²) in [4.78, 5) is 23.6. The summed E-state index contributed by atoms with van der Waals surface area (Å²) in [5.41, 5.74) is 1.80. The maximum absolute atomic E-state index is 12.1. The molecule has 30 heavy (non-hydrogen) atoms. The fourth-order valence-corrected chi connectivity index (χ4v) is 2.50. The second-order valence-electron chi connectivity index (χ2n) is 6.26. The molecule has 0 radical (unpaired) electrons. The molecule has 3 amide bonds. The predicted octanol–water partition coefficient (Wildman–Crippen LogP) is 3.25. The zero-order valence-corrected chi connectivity index (χ0v) is 16.4. The minimum Gasteiger partial charge on any atom is -0.493 e. The lowest BCUT2D eigenvalue weighted by Crippen LogP contribution is -2.34. The van der Waals surface area contributed by atoms with E-state index in [0.29, 0.717) is 22.7 Å². The first-order valence-electron chi connectivity index (χ1n) is 8.88. The van der Waals surface area contributed by atoms with Gasteiger partial charge in [-0.15, -0.1) is 0 Å². The third-order valence-electron chi connectivity index (χ3n) is 3.96. The lowest BCUT2D eigenvalue weighted by molar-refractivity contribution is -0.138. The number of alkyl halides is 3. The van der Waals surface area contributed by atoms with Crippen molar-refractivity contribution in [3.05, 3.63) is 53.6 Å². The molecule has 7 nitrogen and oxygen atoms in total. The van der Waals surface area contributed by atoms with Crippen molar-refractivity contribution < 1.29 is 32.2 Å². The molecule has 0 aromatic heterocycles. The summed E-state index contributed by atoms with van der Waals surface area (Å²) in [6.45, 7) is -1.12. The number of carbonyl (C=O) groups excluding carboxylic acids is 2. The quantitative estimate of drug-likeness (QED) is 0.606. The van der Waals surface area contributed by atoms with Crippen molar-refractivity contribution in [2.45, 2.75) is 19.1 Å². The van der Waals surface area contributed by atoms with E-state index in [-0.39, 0.29) is 13.0 Å². The number of urea groups is 1. The maximum Gasteiger partial charge on any atom is 0.405 e. The number of hydrogen-bond acceptors (Lipinski definition) is 4. The van der Waals surface area contributed by atoms with Crippen LogP contribution in [0.1, 0.15) is 11.1 Å². The number of nitrogens with one attached hydrogen (secondary N) is 3. The lowest BCUT2D eigenvalue weighted by atomic mass is 10.1. The molecule has 0 aliphatic rings. The Hall–Kier alpha value is -3.43. The lowest BCUT2D eigenvalue weighted by Gasteiger charge is -2.11. The summed E-state index contributed by atoms with van der Waals surface area (Å²) in [5, 5.41) is 7.14. The molecule has 0 aliphatic carbocycles. The molecule has 0 saturated carbocycles. The SMILES string of the molecule is COc1ccc(CNC(=O)Nc2ccc(CC(=O)NCC(F)(F)F)cc2)cc1OC. The Bertz CT molecular complexity index is 871. The highest BCUT2D eigenvalue weighted by molar-refractivity contribution is 5.89. The van der Waals surface area contributed by atoms with Gasteiger partial charge in [0.1, 0.15) is 6.54 Å². The van der Waals surface area contributed by atoms with Crippen LogP contribution >= 0.6 is 0 Å². The first-order chi connectivity index (χ1) is 14.2. The number of amides is 3. The topological polar surface area (TPSA) is 88.7 Å². The minimum atomic E-state index is -4.45. The molecule has 2 rings (SSSR count). The zero-order chi connectivity index (χ0) is 22.1. The molecule has 10 heteroatoms. The van der Waals surface area contributed by atoms with Crippen LogP contribution in [-0.2, 0) is 17.8 Å². The van der Waals surface area contributed by atoms with Gasteiger partial charge in [0.2, 0.25) is 5.91 Å². The van der Waals surface area contributed by atoms with Gasteiger partial charge in [-0.2, -0.15) is 13.2 Å². The molecule has 0 atom stereocenters. The summed E-state index contributed by atoms with van der Waals surface area (Å²) in [6.07, 6.45) is -4.64. The number of ether oxygens (including phenoxy) is 2. The van der Waals surface area contributed by atoms with Crippen LogP contribution in [-0.4, -0.2) is 38.9 Å². The van der Waals surface area contributed by atoms with Crippen LogP contribution in [0.3, 0.4) is 0 Å². The van der Waals surface area contributed by atoms with Crippen molar-refractivity contribution in [3.8, 4) is 11.5 Å². The minimum absolute atomic E-state index is 0.193. The largest absolute Gasteiger partial charge is 0.493 e. The van der Waals surface area contributed by atoms with E-state index in [0.717, 1.165) is 5.56 Å². The Labute approximate surface area is 171 Å². The molecule has 2 aromatic carbocycles. The number of methoxy groups -OCH3 is 2. The Morgan fingerprint density at radius 2 is 1.53 bits per heavy atom. The number of rotatable bonds is 8. The van der Waals surface area contributed by atoms with Gasteiger partial charge in [0.15, 0.2) is 11.5 Å². The van der Waals surface area contributed by atoms with Crippen LogP contribution in [0, 0.1) is 0 Å². The van der Waals surface area contributed by atoms with Crippen molar-refractivity contribution >= 4 is 17.6 Å².